The molecule has 0 atom stereocenters. The molecule has 0 aliphatic heterocycles. The molecule has 8 nitrogen and oxygen atoms in total. The number of nitrogens with zero attached hydrogens (tertiary/aromatic N) is 2. The topological polar surface area (TPSA) is 111 Å². The Kier molecular flexibility index (Phi) is 9.27. The summed E-state index contributed by atoms with van der Waals surface area (Å²) in [6, 6.07) is 43.1. The molecule has 3 heterocycles. The third-order valence-electron chi connectivity index (χ3n) is 10.2. The lowest BCUT2D eigenvalue weighted by Crippen LogP contribution is -2.03. The van der Waals surface area contributed by atoms with Gasteiger partial charge >= 0.3 is 5.97 Å². The second kappa shape index (κ2) is 14.9. The van der Waals surface area contributed by atoms with Crippen molar-refractivity contribution in [2.24, 2.45) is 5.16 Å². The van der Waals surface area contributed by atoms with Crippen LogP contribution in [0.15, 0.2) is 162 Å². The second-order valence-corrected chi connectivity index (χ2v) is 14.8. The van der Waals surface area contributed by atoms with Gasteiger partial charge in [-0.15, -0.1) is 11.3 Å². The van der Waals surface area contributed by atoms with Gasteiger partial charge in [-0.05, 0) is 115 Å². The first-order valence-corrected chi connectivity index (χ1v) is 19.5. The Balaban J connectivity index is 1.10. The van der Waals surface area contributed by atoms with Gasteiger partial charge in [-0.2, -0.15) is 0 Å². The minimum atomic E-state index is -0.525. The van der Waals surface area contributed by atoms with Crippen molar-refractivity contribution in [2.45, 2.75) is 13.8 Å². The zero-order valence-corrected chi connectivity index (χ0v) is 32.2. The minimum absolute atomic E-state index is 0.0604. The normalized spacial score (nSPS) is 11.9. The molecule has 280 valence electrons. The van der Waals surface area contributed by atoms with E-state index in [0.29, 0.717) is 38.4 Å². The summed E-state index contributed by atoms with van der Waals surface area (Å²) in [5.41, 5.74) is 8.33. The quantitative estimate of drug-likeness (QED) is 0.0643. The average molecular weight is 776 g/mol. The van der Waals surface area contributed by atoms with Crippen LogP contribution in [0, 0.1) is 0 Å². The van der Waals surface area contributed by atoms with E-state index in [9.17, 15) is 19.2 Å². The van der Waals surface area contributed by atoms with Gasteiger partial charge in [0, 0.05) is 78.6 Å². The standard InChI is InChI=1S/C49H33N3O5S/c1-3-8-41(51-57-29(2)53)32-16-22-44-39(25-32)40-28-35(49(56)46-11-7-24-58-46)17-23-45(40)52(44)36-18-12-31(13-19-36)48(55)34-15-21-43-38(27-34)37-26-33(14-20-42(37)50-43)47(54)30-9-5-4-6-10-30/h3-28,50H,1-2H3/b8-3?,51-41+. The van der Waals surface area contributed by atoms with E-state index < -0.39 is 5.97 Å². The minimum Gasteiger partial charge on any atom is -0.355 e. The first kappa shape index (κ1) is 36.2. The smallest absolute Gasteiger partial charge is 0.332 e. The number of H-pyrrole nitrogens is 1. The maximum atomic E-state index is 14.0. The highest BCUT2D eigenvalue weighted by atomic mass is 32.1. The van der Waals surface area contributed by atoms with Crippen LogP contribution >= 0.6 is 11.3 Å². The van der Waals surface area contributed by atoms with Gasteiger partial charge in [-0.1, -0.05) is 53.7 Å². The van der Waals surface area contributed by atoms with E-state index in [1.54, 1.807) is 18.2 Å². The van der Waals surface area contributed by atoms with Crippen molar-refractivity contribution in [3.63, 3.8) is 0 Å². The number of allylic oxidation sites excluding steroid dienone is 2. The Morgan fingerprint density at radius 3 is 1.71 bits per heavy atom. The van der Waals surface area contributed by atoms with Crippen LogP contribution in [-0.2, 0) is 9.63 Å². The number of carbonyl (C=O) groups is 4. The summed E-state index contributed by atoms with van der Waals surface area (Å²) in [4.78, 5) is 61.5. The summed E-state index contributed by atoms with van der Waals surface area (Å²) in [5.74, 6) is -0.782. The Morgan fingerprint density at radius 2 is 1.12 bits per heavy atom. The number of aromatic amines is 1. The van der Waals surface area contributed by atoms with Gasteiger partial charge in [0.2, 0.25) is 5.78 Å². The molecule has 0 saturated heterocycles. The fraction of sp³-hybridized carbons (Fsp3) is 0.0408. The molecule has 3 aromatic heterocycles. The van der Waals surface area contributed by atoms with Crippen molar-refractivity contribution in [3.05, 3.63) is 195 Å². The first-order valence-electron chi connectivity index (χ1n) is 18.6. The van der Waals surface area contributed by atoms with E-state index in [-0.39, 0.29) is 17.3 Å². The van der Waals surface area contributed by atoms with Gasteiger partial charge in [0.25, 0.3) is 0 Å². The maximum Gasteiger partial charge on any atom is 0.332 e. The van der Waals surface area contributed by atoms with E-state index in [1.807, 2.05) is 146 Å². The summed E-state index contributed by atoms with van der Waals surface area (Å²) < 4.78 is 2.10. The molecule has 0 spiro atoms. The Hall–Kier alpha value is -7.49. The maximum absolute atomic E-state index is 14.0. The molecule has 0 aliphatic rings. The number of fused-ring (bicyclic) bond motifs is 6. The molecule has 1 N–H and O–H groups in total. The van der Waals surface area contributed by atoms with Crippen LogP contribution in [0.4, 0.5) is 0 Å². The fourth-order valence-corrected chi connectivity index (χ4v) is 8.15. The number of hydrogen-bond acceptors (Lipinski definition) is 7. The SMILES string of the molecule is CC=C/C(=N\OC(C)=O)c1ccc2c(c1)c1cc(C(=O)c3cccs3)ccc1n2-c1ccc(C(=O)c2ccc3[nH]c4ccc(C(=O)c5ccccc5)cc4c3c2)cc1. The molecule has 58 heavy (non-hydrogen) atoms. The van der Waals surface area contributed by atoms with Crippen molar-refractivity contribution < 1.29 is 24.0 Å². The molecule has 9 heteroatoms. The fourth-order valence-electron chi connectivity index (χ4n) is 7.47. The number of benzene rings is 6. The summed E-state index contributed by atoms with van der Waals surface area (Å²) in [7, 11) is 0. The number of oxime groups is 1. The van der Waals surface area contributed by atoms with E-state index in [0.717, 1.165) is 54.9 Å². The van der Waals surface area contributed by atoms with Crippen molar-refractivity contribution >= 4 is 84.0 Å². The lowest BCUT2D eigenvalue weighted by atomic mass is 9.99. The van der Waals surface area contributed by atoms with Gasteiger partial charge in [-0.25, -0.2) is 4.79 Å². The number of rotatable bonds is 10. The van der Waals surface area contributed by atoms with Crippen LogP contribution in [0.3, 0.4) is 0 Å². The third-order valence-corrected chi connectivity index (χ3v) is 11.1. The van der Waals surface area contributed by atoms with Gasteiger partial charge in [0.1, 0.15) is 5.71 Å². The van der Waals surface area contributed by atoms with Crippen molar-refractivity contribution in [1.82, 2.24) is 9.55 Å². The molecule has 9 rings (SSSR count). The predicted molar refractivity (Wildman–Crippen MR) is 231 cm³/mol. The summed E-state index contributed by atoms with van der Waals surface area (Å²) in [6.07, 6.45) is 3.59. The summed E-state index contributed by atoms with van der Waals surface area (Å²) >= 11 is 1.40. The molecule has 0 radical (unpaired) electrons. The van der Waals surface area contributed by atoms with Gasteiger partial charge in [0.15, 0.2) is 11.6 Å². The number of hydrogen-bond donors (Lipinski definition) is 1. The third kappa shape index (κ3) is 6.53. The molecule has 6 aromatic carbocycles. The second-order valence-electron chi connectivity index (χ2n) is 13.9. The molecule has 0 bridgehead atoms. The predicted octanol–water partition coefficient (Wildman–Crippen LogP) is 11.0. The van der Waals surface area contributed by atoms with Gasteiger partial charge < -0.3 is 14.4 Å². The largest absolute Gasteiger partial charge is 0.355 e. The highest BCUT2D eigenvalue weighted by molar-refractivity contribution is 7.12. The van der Waals surface area contributed by atoms with E-state index in [4.69, 9.17) is 4.84 Å². The number of nitrogens with one attached hydrogen (secondary N) is 1. The van der Waals surface area contributed by atoms with Crippen LogP contribution in [0.1, 0.15) is 66.5 Å². The van der Waals surface area contributed by atoms with Crippen molar-refractivity contribution in [2.75, 3.05) is 0 Å². The summed E-state index contributed by atoms with van der Waals surface area (Å²) in [6.45, 7) is 3.16. The van der Waals surface area contributed by atoms with Crippen molar-refractivity contribution in [3.8, 4) is 5.69 Å². The van der Waals surface area contributed by atoms with Gasteiger partial charge in [0.05, 0.1) is 15.9 Å². The Morgan fingerprint density at radius 1 is 0.586 bits per heavy atom. The van der Waals surface area contributed by atoms with Gasteiger partial charge in [-0.3, -0.25) is 14.4 Å². The van der Waals surface area contributed by atoms with E-state index >= 15 is 0 Å². The number of aromatic nitrogens is 2. The first-order chi connectivity index (χ1) is 28.3. The van der Waals surface area contributed by atoms with Crippen LogP contribution < -0.4 is 0 Å². The molecule has 0 fully saturated rings. The molecule has 0 amide bonds. The monoisotopic (exact) mass is 775 g/mol. The zero-order valence-electron chi connectivity index (χ0n) is 31.4. The number of thiophene rings is 1. The molecular formula is C49H33N3O5S. The van der Waals surface area contributed by atoms with E-state index in [2.05, 4.69) is 14.7 Å². The van der Waals surface area contributed by atoms with Crippen LogP contribution in [0.5, 0.6) is 0 Å². The highest BCUT2D eigenvalue weighted by Gasteiger charge is 2.19. The summed E-state index contributed by atoms with van der Waals surface area (Å²) in [5, 5.41) is 9.42. The number of ketones is 3. The van der Waals surface area contributed by atoms with Crippen molar-refractivity contribution in [1.29, 1.82) is 0 Å². The number of carbonyl (C=O) groups excluding carboxylic acids is 4. The van der Waals surface area contributed by atoms with Crippen LogP contribution in [-0.4, -0.2) is 38.6 Å². The molecular weight excluding hydrogens is 743 g/mol. The molecule has 0 unspecified atom stereocenters. The van der Waals surface area contributed by atoms with E-state index in [1.165, 1.54) is 18.3 Å². The Bertz CT molecular complexity index is 3170. The van der Waals surface area contributed by atoms with Crippen LogP contribution in [0.25, 0.3) is 49.3 Å². The molecule has 0 saturated carbocycles. The lowest BCUT2D eigenvalue weighted by Gasteiger charge is -2.10. The molecule has 0 aliphatic carbocycles. The van der Waals surface area contributed by atoms with Crippen LogP contribution in [0.2, 0.25) is 0 Å². The Labute approximate surface area is 336 Å². The zero-order chi connectivity index (χ0) is 39.9. The highest BCUT2D eigenvalue weighted by Crippen LogP contribution is 2.35. The lowest BCUT2D eigenvalue weighted by molar-refractivity contribution is -0.140. The average Bonchev–Trinajstić information content (AvgIpc) is 4.01. The molecule has 9 aromatic rings.